The maximum Gasteiger partial charge on any atom is 0.390 e. The van der Waals surface area contributed by atoms with Crippen LogP contribution in [0.2, 0.25) is 0 Å². The summed E-state index contributed by atoms with van der Waals surface area (Å²) in [4.78, 5) is 10.4. The van der Waals surface area contributed by atoms with Gasteiger partial charge in [0.05, 0.1) is 20.1 Å². The molecule has 0 fully saturated rings. The Bertz CT molecular complexity index is 146. The molecular weight excluding hydrogens is 175 g/mol. The number of methoxy groups -OCH3 is 1. The molecule has 0 aliphatic carbocycles. The van der Waals surface area contributed by atoms with E-state index in [-0.39, 0.29) is 13.1 Å². The number of alkyl halides is 3. The van der Waals surface area contributed by atoms with Gasteiger partial charge in [-0.2, -0.15) is 13.2 Å². The molecule has 0 saturated heterocycles. The molecular formula is C6H10F3NO2. The van der Waals surface area contributed by atoms with Crippen molar-refractivity contribution in [2.45, 2.75) is 12.6 Å². The van der Waals surface area contributed by atoms with Crippen LogP contribution in [0.15, 0.2) is 0 Å². The summed E-state index contributed by atoms with van der Waals surface area (Å²) in [6.07, 6.45) is -5.12. The van der Waals surface area contributed by atoms with Crippen LogP contribution in [0.4, 0.5) is 13.2 Å². The van der Waals surface area contributed by atoms with Crippen molar-refractivity contribution in [2.24, 2.45) is 0 Å². The van der Waals surface area contributed by atoms with Crippen molar-refractivity contribution in [3.8, 4) is 0 Å². The molecule has 0 aromatic carbocycles. The molecule has 6 heteroatoms. The zero-order valence-electron chi connectivity index (χ0n) is 6.57. The Labute approximate surface area is 67.9 Å². The third-order valence-corrected chi connectivity index (χ3v) is 1.08. The van der Waals surface area contributed by atoms with Gasteiger partial charge in [0.15, 0.2) is 0 Å². The molecule has 0 aliphatic rings. The number of carbonyl (C=O) groups is 1. The van der Waals surface area contributed by atoms with E-state index in [2.05, 4.69) is 10.1 Å². The monoisotopic (exact) mass is 185 g/mol. The lowest BCUT2D eigenvalue weighted by molar-refractivity contribution is -0.141. The Kier molecular flexibility index (Phi) is 4.65. The Morgan fingerprint density at radius 3 is 2.50 bits per heavy atom. The number of hydrogen-bond acceptors (Lipinski definition) is 3. The van der Waals surface area contributed by atoms with Gasteiger partial charge in [-0.15, -0.1) is 0 Å². The lowest BCUT2D eigenvalue weighted by atomic mass is 10.4. The third kappa shape index (κ3) is 7.33. The molecule has 0 unspecified atom stereocenters. The first-order valence-corrected chi connectivity index (χ1v) is 3.30. The number of hydrogen-bond donors (Lipinski definition) is 1. The van der Waals surface area contributed by atoms with Crippen molar-refractivity contribution in [3.05, 3.63) is 0 Å². The number of ether oxygens (including phenoxy) is 1. The van der Waals surface area contributed by atoms with E-state index in [4.69, 9.17) is 0 Å². The highest BCUT2D eigenvalue weighted by molar-refractivity contribution is 5.71. The van der Waals surface area contributed by atoms with Gasteiger partial charge in [-0.1, -0.05) is 0 Å². The first kappa shape index (κ1) is 11.2. The summed E-state index contributed by atoms with van der Waals surface area (Å²) < 4.78 is 38.7. The molecule has 0 saturated carbocycles. The van der Waals surface area contributed by atoms with Gasteiger partial charge < -0.3 is 10.1 Å². The van der Waals surface area contributed by atoms with Gasteiger partial charge >= 0.3 is 12.1 Å². The summed E-state index contributed by atoms with van der Waals surface area (Å²) in [5.74, 6) is -0.572. The summed E-state index contributed by atoms with van der Waals surface area (Å²) in [5, 5.41) is 2.30. The van der Waals surface area contributed by atoms with Gasteiger partial charge in [0, 0.05) is 6.54 Å². The zero-order chi connectivity index (χ0) is 9.61. The van der Waals surface area contributed by atoms with Crippen molar-refractivity contribution >= 4 is 5.97 Å². The second-order valence-electron chi connectivity index (χ2n) is 2.12. The van der Waals surface area contributed by atoms with E-state index in [1.807, 2.05) is 0 Å². The van der Waals surface area contributed by atoms with Crippen LogP contribution in [-0.4, -0.2) is 32.3 Å². The van der Waals surface area contributed by atoms with Gasteiger partial charge in [-0.25, -0.2) is 0 Å². The molecule has 12 heavy (non-hydrogen) atoms. The predicted octanol–water partition coefficient (Wildman–Crippen LogP) is 0.701. The predicted molar refractivity (Wildman–Crippen MR) is 35.6 cm³/mol. The van der Waals surface area contributed by atoms with Crippen LogP contribution in [0, 0.1) is 0 Å². The maximum absolute atomic E-state index is 11.5. The highest BCUT2D eigenvalue weighted by Crippen LogP contribution is 2.17. The summed E-state index contributed by atoms with van der Waals surface area (Å²) in [6, 6.07) is 0. The molecule has 0 spiro atoms. The second kappa shape index (κ2) is 4.97. The standard InChI is InChI=1S/C6H10F3NO2/c1-12-5(11)4-10-3-2-6(7,8)9/h10H,2-4H2,1H3. The Morgan fingerprint density at radius 1 is 1.50 bits per heavy atom. The van der Waals surface area contributed by atoms with Crippen molar-refractivity contribution < 1.29 is 22.7 Å². The van der Waals surface area contributed by atoms with Crippen molar-refractivity contribution in [1.29, 1.82) is 0 Å². The third-order valence-electron chi connectivity index (χ3n) is 1.08. The van der Waals surface area contributed by atoms with Crippen molar-refractivity contribution in [2.75, 3.05) is 20.2 Å². The van der Waals surface area contributed by atoms with E-state index >= 15 is 0 Å². The van der Waals surface area contributed by atoms with Crippen LogP contribution in [0.1, 0.15) is 6.42 Å². The largest absolute Gasteiger partial charge is 0.468 e. The van der Waals surface area contributed by atoms with Crippen LogP contribution in [-0.2, 0) is 9.53 Å². The fourth-order valence-corrected chi connectivity index (χ4v) is 0.493. The van der Waals surface area contributed by atoms with E-state index in [1.165, 1.54) is 7.11 Å². The minimum atomic E-state index is -4.18. The number of esters is 1. The smallest absolute Gasteiger partial charge is 0.390 e. The normalized spacial score (nSPS) is 11.3. The van der Waals surface area contributed by atoms with E-state index in [1.54, 1.807) is 0 Å². The summed E-state index contributed by atoms with van der Waals surface area (Å²) in [6.45, 7) is -0.453. The van der Waals surface area contributed by atoms with E-state index in [0.29, 0.717) is 0 Å². The highest BCUT2D eigenvalue weighted by atomic mass is 19.4. The van der Waals surface area contributed by atoms with Crippen LogP contribution in [0.3, 0.4) is 0 Å². The molecule has 0 aromatic heterocycles. The van der Waals surface area contributed by atoms with Gasteiger partial charge in [0.1, 0.15) is 0 Å². The van der Waals surface area contributed by atoms with Gasteiger partial charge in [-0.05, 0) is 0 Å². The Balaban J connectivity index is 3.28. The quantitative estimate of drug-likeness (QED) is 0.517. The van der Waals surface area contributed by atoms with Gasteiger partial charge in [-0.3, -0.25) is 4.79 Å². The number of nitrogens with one attached hydrogen (secondary N) is 1. The highest BCUT2D eigenvalue weighted by Gasteiger charge is 2.25. The fourth-order valence-electron chi connectivity index (χ4n) is 0.493. The number of carbonyl (C=O) groups excluding carboxylic acids is 1. The lowest BCUT2D eigenvalue weighted by Crippen LogP contribution is -2.27. The topological polar surface area (TPSA) is 38.3 Å². The lowest BCUT2D eigenvalue weighted by Gasteiger charge is -2.06. The molecule has 3 nitrogen and oxygen atoms in total. The van der Waals surface area contributed by atoms with Crippen molar-refractivity contribution in [3.63, 3.8) is 0 Å². The van der Waals surface area contributed by atoms with E-state index in [9.17, 15) is 18.0 Å². The molecule has 0 aromatic rings. The molecule has 72 valence electrons. The first-order chi connectivity index (χ1) is 5.45. The van der Waals surface area contributed by atoms with E-state index < -0.39 is 18.6 Å². The summed E-state index contributed by atoms with van der Waals surface area (Å²) in [5.41, 5.74) is 0. The molecule has 0 radical (unpaired) electrons. The van der Waals surface area contributed by atoms with Crippen molar-refractivity contribution in [1.82, 2.24) is 5.32 Å². The summed E-state index contributed by atoms with van der Waals surface area (Å²) in [7, 11) is 1.17. The average molecular weight is 185 g/mol. The van der Waals surface area contributed by atoms with Gasteiger partial charge in [0.2, 0.25) is 0 Å². The molecule has 0 bridgehead atoms. The SMILES string of the molecule is COC(=O)CNCCC(F)(F)F. The number of rotatable bonds is 4. The average Bonchev–Trinajstić information content (AvgIpc) is 1.96. The van der Waals surface area contributed by atoms with E-state index in [0.717, 1.165) is 0 Å². The fraction of sp³-hybridized carbons (Fsp3) is 0.833. The summed E-state index contributed by atoms with van der Waals surface area (Å²) >= 11 is 0. The molecule has 1 N–H and O–H groups in total. The maximum atomic E-state index is 11.5. The molecule has 0 rings (SSSR count). The van der Waals surface area contributed by atoms with Gasteiger partial charge in [0.25, 0.3) is 0 Å². The molecule has 0 aliphatic heterocycles. The molecule has 0 heterocycles. The minimum absolute atomic E-state index is 0.188. The Hall–Kier alpha value is -0.780. The number of halogens is 3. The van der Waals surface area contributed by atoms with Crippen LogP contribution in [0.5, 0.6) is 0 Å². The Morgan fingerprint density at radius 2 is 2.08 bits per heavy atom. The first-order valence-electron chi connectivity index (χ1n) is 3.30. The van der Waals surface area contributed by atoms with Crippen LogP contribution in [0.25, 0.3) is 0 Å². The minimum Gasteiger partial charge on any atom is -0.468 e. The second-order valence-corrected chi connectivity index (χ2v) is 2.12. The zero-order valence-corrected chi connectivity index (χ0v) is 6.57. The molecule has 0 atom stereocenters. The molecule has 0 amide bonds. The van der Waals surface area contributed by atoms with Crippen LogP contribution >= 0.6 is 0 Å². The van der Waals surface area contributed by atoms with Crippen LogP contribution < -0.4 is 5.32 Å².